The van der Waals surface area contributed by atoms with Gasteiger partial charge in [0, 0.05) is 0 Å². The summed E-state index contributed by atoms with van der Waals surface area (Å²) in [4.78, 5) is 10.5. The molecule has 5 heteroatoms. The number of carbonyl (C=O) groups is 1. The summed E-state index contributed by atoms with van der Waals surface area (Å²) >= 11 is 0. The van der Waals surface area contributed by atoms with E-state index in [1.807, 2.05) is 19.1 Å². The largest absolute Gasteiger partial charge is 0.461 e. The lowest BCUT2D eigenvalue weighted by Crippen LogP contribution is -2.35. The number of carbonyl (C=O) groups excluding carboxylic acids is 1. The Morgan fingerprint density at radius 2 is 2.06 bits per heavy atom. The van der Waals surface area contributed by atoms with E-state index in [0.29, 0.717) is 5.75 Å². The molecule has 0 spiro atoms. The van der Waals surface area contributed by atoms with Crippen LogP contribution >= 0.6 is 0 Å². The Hall–Kier alpha value is -1.75. The Labute approximate surface area is 93.8 Å². The van der Waals surface area contributed by atoms with Crippen LogP contribution in [0.3, 0.4) is 0 Å². The first kappa shape index (κ1) is 12.3. The van der Waals surface area contributed by atoms with Crippen LogP contribution in [-0.2, 0) is 4.74 Å². The lowest BCUT2D eigenvalue weighted by atomic mass is 10.2. The molecule has 0 aromatic heterocycles. The lowest BCUT2D eigenvalue weighted by molar-refractivity contribution is -0.0979. The van der Waals surface area contributed by atoms with Gasteiger partial charge in [-0.05, 0) is 25.5 Å². The van der Waals surface area contributed by atoms with Gasteiger partial charge in [-0.1, -0.05) is 18.2 Å². The van der Waals surface area contributed by atoms with Gasteiger partial charge in [0.05, 0.1) is 0 Å². The Kier molecular flexibility index (Phi) is 4.13. The normalized spacial score (nSPS) is 13.9. The van der Waals surface area contributed by atoms with Crippen LogP contribution in [0.5, 0.6) is 5.75 Å². The molecular weight excluding hydrogens is 210 g/mol. The molecule has 1 aromatic carbocycles. The van der Waals surface area contributed by atoms with E-state index in [2.05, 4.69) is 4.74 Å². The Balaban J connectivity index is 2.60. The number of rotatable bonds is 4. The van der Waals surface area contributed by atoms with Crippen molar-refractivity contribution in [3.8, 4) is 5.75 Å². The van der Waals surface area contributed by atoms with Crippen molar-refractivity contribution in [1.82, 2.24) is 0 Å². The minimum atomic E-state index is -1.24. The monoisotopic (exact) mass is 225 g/mol. The third kappa shape index (κ3) is 3.43. The van der Waals surface area contributed by atoms with Gasteiger partial charge in [0.1, 0.15) is 5.75 Å². The number of para-hydroxylation sites is 1. The van der Waals surface area contributed by atoms with Gasteiger partial charge in [-0.25, -0.2) is 4.79 Å². The van der Waals surface area contributed by atoms with Crippen molar-refractivity contribution in [2.75, 3.05) is 0 Å². The first-order valence-corrected chi connectivity index (χ1v) is 4.87. The number of benzene rings is 1. The van der Waals surface area contributed by atoms with E-state index in [1.165, 1.54) is 6.92 Å². The highest BCUT2D eigenvalue weighted by atomic mass is 16.6. The molecule has 0 saturated carbocycles. The number of hydrogen-bond donors (Lipinski definition) is 2. The molecule has 1 aromatic rings. The number of aliphatic hydroxyl groups excluding tert-OH is 1. The number of amides is 1. The zero-order valence-corrected chi connectivity index (χ0v) is 9.21. The van der Waals surface area contributed by atoms with Crippen LogP contribution in [-0.4, -0.2) is 23.6 Å². The van der Waals surface area contributed by atoms with Crippen molar-refractivity contribution in [2.45, 2.75) is 26.2 Å². The number of nitrogens with two attached hydrogens (primary N) is 1. The number of aryl methyl sites for hydroxylation is 1. The second-order valence-electron chi connectivity index (χ2n) is 3.42. The highest BCUT2D eigenvalue weighted by Crippen LogP contribution is 2.18. The van der Waals surface area contributed by atoms with Crippen molar-refractivity contribution in [3.05, 3.63) is 29.8 Å². The minimum absolute atomic E-state index is 0.537. The van der Waals surface area contributed by atoms with Gasteiger partial charge in [0.15, 0.2) is 6.10 Å². The zero-order chi connectivity index (χ0) is 12.1. The molecule has 5 nitrogen and oxygen atoms in total. The van der Waals surface area contributed by atoms with Gasteiger partial charge < -0.3 is 20.3 Å². The smallest absolute Gasteiger partial charge is 0.404 e. The molecule has 0 heterocycles. The summed E-state index contributed by atoms with van der Waals surface area (Å²) in [5.41, 5.74) is 5.71. The molecule has 0 bridgehead atoms. The molecule has 2 atom stereocenters. The maximum atomic E-state index is 10.5. The summed E-state index contributed by atoms with van der Waals surface area (Å²) in [5, 5.41) is 9.59. The van der Waals surface area contributed by atoms with Crippen molar-refractivity contribution in [2.24, 2.45) is 5.73 Å². The van der Waals surface area contributed by atoms with Crippen molar-refractivity contribution in [1.29, 1.82) is 0 Å². The molecule has 0 saturated heterocycles. The molecule has 16 heavy (non-hydrogen) atoms. The summed E-state index contributed by atoms with van der Waals surface area (Å²) < 4.78 is 9.82. The van der Waals surface area contributed by atoms with E-state index in [9.17, 15) is 9.90 Å². The SMILES string of the molecule is Cc1ccccc1O[C@@H](O)[C@H](C)OC(N)=O. The molecule has 0 aliphatic rings. The van der Waals surface area contributed by atoms with Gasteiger partial charge in [-0.15, -0.1) is 0 Å². The van der Waals surface area contributed by atoms with Crippen molar-refractivity contribution >= 4 is 6.09 Å². The minimum Gasteiger partial charge on any atom is -0.461 e. The summed E-state index contributed by atoms with van der Waals surface area (Å²) in [6, 6.07) is 7.21. The second-order valence-corrected chi connectivity index (χ2v) is 3.42. The van der Waals surface area contributed by atoms with Crippen LogP contribution in [0.25, 0.3) is 0 Å². The maximum absolute atomic E-state index is 10.5. The molecule has 0 aliphatic carbocycles. The standard InChI is InChI=1S/C11H15NO4/c1-7-5-3-4-6-9(7)16-10(13)8(2)15-11(12)14/h3-6,8,10,13H,1-2H3,(H2,12,14)/t8-,10+/m0/s1. The topological polar surface area (TPSA) is 81.8 Å². The van der Waals surface area contributed by atoms with E-state index < -0.39 is 18.5 Å². The summed E-state index contributed by atoms with van der Waals surface area (Å²) in [5.74, 6) is 0.537. The third-order valence-corrected chi connectivity index (χ3v) is 2.04. The Morgan fingerprint density at radius 1 is 1.44 bits per heavy atom. The van der Waals surface area contributed by atoms with E-state index in [-0.39, 0.29) is 0 Å². The van der Waals surface area contributed by atoms with E-state index in [0.717, 1.165) is 5.56 Å². The van der Waals surface area contributed by atoms with Crippen LogP contribution in [0, 0.1) is 6.92 Å². The van der Waals surface area contributed by atoms with Gasteiger partial charge in [-0.3, -0.25) is 0 Å². The number of ether oxygens (including phenoxy) is 2. The third-order valence-electron chi connectivity index (χ3n) is 2.04. The second kappa shape index (κ2) is 5.37. The molecule has 0 radical (unpaired) electrons. The fourth-order valence-electron chi connectivity index (χ4n) is 1.16. The summed E-state index contributed by atoms with van der Waals surface area (Å²) in [7, 11) is 0. The molecule has 0 aliphatic heterocycles. The van der Waals surface area contributed by atoms with E-state index in [4.69, 9.17) is 10.5 Å². The first-order valence-electron chi connectivity index (χ1n) is 4.87. The lowest BCUT2D eigenvalue weighted by Gasteiger charge is -2.20. The average Bonchev–Trinajstić information content (AvgIpc) is 2.20. The quantitative estimate of drug-likeness (QED) is 0.754. The Bertz CT molecular complexity index is 367. The fourth-order valence-corrected chi connectivity index (χ4v) is 1.16. The number of aliphatic hydroxyl groups is 1. The highest BCUT2D eigenvalue weighted by Gasteiger charge is 2.19. The molecule has 1 amide bonds. The van der Waals surface area contributed by atoms with Crippen LogP contribution in [0.1, 0.15) is 12.5 Å². The zero-order valence-electron chi connectivity index (χ0n) is 9.21. The predicted octanol–water partition coefficient (Wildman–Crippen LogP) is 1.18. The van der Waals surface area contributed by atoms with Gasteiger partial charge in [0.2, 0.25) is 6.29 Å². The molecule has 0 unspecified atom stereocenters. The molecule has 88 valence electrons. The highest BCUT2D eigenvalue weighted by molar-refractivity contribution is 5.64. The number of hydrogen-bond acceptors (Lipinski definition) is 4. The summed E-state index contributed by atoms with van der Waals surface area (Å²) in [6.45, 7) is 3.34. The van der Waals surface area contributed by atoms with Gasteiger partial charge in [-0.2, -0.15) is 0 Å². The van der Waals surface area contributed by atoms with E-state index in [1.54, 1.807) is 12.1 Å². The molecular formula is C11H15NO4. The maximum Gasteiger partial charge on any atom is 0.404 e. The van der Waals surface area contributed by atoms with Crippen LogP contribution < -0.4 is 10.5 Å². The average molecular weight is 225 g/mol. The predicted molar refractivity (Wildman–Crippen MR) is 57.9 cm³/mol. The van der Waals surface area contributed by atoms with Gasteiger partial charge in [0.25, 0.3) is 0 Å². The van der Waals surface area contributed by atoms with Crippen LogP contribution in [0.15, 0.2) is 24.3 Å². The van der Waals surface area contributed by atoms with Gasteiger partial charge >= 0.3 is 6.09 Å². The van der Waals surface area contributed by atoms with Crippen LogP contribution in [0.4, 0.5) is 4.79 Å². The molecule has 3 N–H and O–H groups in total. The van der Waals surface area contributed by atoms with E-state index >= 15 is 0 Å². The van der Waals surface area contributed by atoms with Crippen molar-refractivity contribution in [3.63, 3.8) is 0 Å². The Morgan fingerprint density at radius 3 is 2.62 bits per heavy atom. The van der Waals surface area contributed by atoms with Crippen molar-refractivity contribution < 1.29 is 19.4 Å². The fraction of sp³-hybridized carbons (Fsp3) is 0.364. The van der Waals surface area contributed by atoms with Crippen LogP contribution in [0.2, 0.25) is 0 Å². The molecule has 1 rings (SSSR count). The first-order chi connectivity index (χ1) is 7.50. The summed E-state index contributed by atoms with van der Waals surface area (Å²) in [6.07, 6.45) is -3.01. The molecule has 0 fully saturated rings. The number of primary amides is 1.